The Hall–Kier alpha value is -1.75. The van der Waals surface area contributed by atoms with Crippen LogP contribution in [0.3, 0.4) is 0 Å². The lowest BCUT2D eigenvalue weighted by molar-refractivity contribution is 0.268. The number of nitrogens with one attached hydrogen (secondary N) is 1. The van der Waals surface area contributed by atoms with E-state index in [-0.39, 0.29) is 6.61 Å². The van der Waals surface area contributed by atoms with Crippen molar-refractivity contribution in [2.45, 2.75) is 33.4 Å². The molecule has 2 N–H and O–H groups in total. The van der Waals surface area contributed by atoms with Gasteiger partial charge in [0.2, 0.25) is 0 Å². The predicted octanol–water partition coefficient (Wildman–Crippen LogP) is 4.10. The maximum atomic E-state index is 8.84. The van der Waals surface area contributed by atoms with E-state index in [0.717, 1.165) is 17.7 Å². The van der Waals surface area contributed by atoms with Crippen LogP contribution in [0.2, 0.25) is 5.02 Å². The third-order valence-corrected chi connectivity index (χ3v) is 4.24. The van der Waals surface area contributed by atoms with Gasteiger partial charge >= 0.3 is 0 Å². The quantitative estimate of drug-likeness (QED) is 0.624. The third-order valence-electron chi connectivity index (χ3n) is 3.88. The molecule has 25 heavy (non-hydrogen) atoms. The van der Waals surface area contributed by atoms with E-state index < -0.39 is 0 Å². The molecule has 0 bridgehead atoms. The second-order valence-corrected chi connectivity index (χ2v) is 6.20. The van der Waals surface area contributed by atoms with Crippen molar-refractivity contribution in [2.75, 3.05) is 19.8 Å². The van der Waals surface area contributed by atoms with Crippen LogP contribution in [0.4, 0.5) is 0 Å². The molecule has 136 valence electrons. The van der Waals surface area contributed by atoms with Crippen molar-refractivity contribution in [3.63, 3.8) is 0 Å². The topological polar surface area (TPSA) is 50.7 Å². The van der Waals surface area contributed by atoms with Gasteiger partial charge in [-0.05, 0) is 49.6 Å². The summed E-state index contributed by atoms with van der Waals surface area (Å²) in [6.07, 6.45) is 0.716. The maximum absolute atomic E-state index is 8.84. The summed E-state index contributed by atoms with van der Waals surface area (Å²) < 4.78 is 11.7. The van der Waals surface area contributed by atoms with Crippen LogP contribution in [0.1, 0.15) is 30.0 Å². The Kier molecular flexibility index (Phi) is 8.06. The summed E-state index contributed by atoms with van der Waals surface area (Å²) in [5, 5.41) is 12.7. The van der Waals surface area contributed by atoms with Crippen molar-refractivity contribution < 1.29 is 14.6 Å². The van der Waals surface area contributed by atoms with Gasteiger partial charge in [0.05, 0.1) is 6.61 Å². The molecular formula is C20H26ClNO3. The monoisotopic (exact) mass is 363 g/mol. The Labute approximate surface area is 154 Å². The summed E-state index contributed by atoms with van der Waals surface area (Å²) in [7, 11) is 0. The molecule has 0 radical (unpaired) electrons. The molecule has 0 aromatic heterocycles. The number of aliphatic hydroxyl groups excluding tert-OH is 1. The summed E-state index contributed by atoms with van der Waals surface area (Å²) in [6.45, 7) is 6.57. The largest absolute Gasteiger partial charge is 0.490 e. The zero-order chi connectivity index (χ0) is 18.1. The highest BCUT2D eigenvalue weighted by molar-refractivity contribution is 6.31. The first-order valence-corrected chi connectivity index (χ1v) is 8.97. The maximum Gasteiger partial charge on any atom is 0.163 e. The predicted molar refractivity (Wildman–Crippen MR) is 102 cm³/mol. The Morgan fingerprint density at radius 1 is 1.08 bits per heavy atom. The van der Waals surface area contributed by atoms with Gasteiger partial charge < -0.3 is 19.9 Å². The minimum atomic E-state index is 0.177. The minimum Gasteiger partial charge on any atom is -0.490 e. The van der Waals surface area contributed by atoms with E-state index >= 15 is 0 Å². The van der Waals surface area contributed by atoms with Crippen LogP contribution in [0.15, 0.2) is 36.4 Å². The molecule has 0 heterocycles. The molecule has 0 aliphatic heterocycles. The van der Waals surface area contributed by atoms with Gasteiger partial charge in [0.15, 0.2) is 11.5 Å². The second-order valence-electron chi connectivity index (χ2n) is 5.79. The number of hydrogen-bond donors (Lipinski definition) is 2. The summed E-state index contributed by atoms with van der Waals surface area (Å²) in [5.74, 6) is 1.34. The third kappa shape index (κ3) is 5.92. The fourth-order valence-electron chi connectivity index (χ4n) is 2.45. The Balaban J connectivity index is 2.11. The lowest BCUT2D eigenvalue weighted by Gasteiger charge is -2.16. The first kappa shape index (κ1) is 19.6. The summed E-state index contributed by atoms with van der Waals surface area (Å²) in [6, 6.07) is 11.9. The Bertz CT molecular complexity index is 676. The number of benzene rings is 2. The molecule has 0 fully saturated rings. The molecule has 5 heteroatoms. The molecule has 0 spiro atoms. The van der Waals surface area contributed by atoms with Crippen molar-refractivity contribution >= 4 is 11.6 Å². The van der Waals surface area contributed by atoms with Gasteiger partial charge in [0, 0.05) is 24.2 Å². The van der Waals surface area contributed by atoms with Crippen molar-refractivity contribution in [3.05, 3.63) is 58.1 Å². The Morgan fingerprint density at radius 2 is 1.84 bits per heavy atom. The van der Waals surface area contributed by atoms with E-state index in [9.17, 15) is 0 Å². The SMILES string of the molecule is CCOc1cc(CNCCCO)c(Cl)cc1OCc1ccccc1C. The normalized spacial score (nSPS) is 10.7. The van der Waals surface area contributed by atoms with Crippen molar-refractivity contribution in [3.8, 4) is 11.5 Å². The van der Waals surface area contributed by atoms with E-state index in [0.29, 0.717) is 42.7 Å². The molecule has 0 aliphatic rings. The first-order valence-electron chi connectivity index (χ1n) is 8.59. The van der Waals surface area contributed by atoms with Crippen LogP contribution in [0.25, 0.3) is 0 Å². The average Bonchev–Trinajstić information content (AvgIpc) is 2.61. The van der Waals surface area contributed by atoms with E-state index in [1.54, 1.807) is 0 Å². The molecule has 0 atom stereocenters. The standard InChI is InChI=1S/C20H26ClNO3/c1-3-24-19-11-17(13-22-9-6-10-23)18(21)12-20(19)25-14-16-8-5-4-7-15(16)2/h4-5,7-8,11-12,22-23H,3,6,9-10,13-14H2,1-2H3. The van der Waals surface area contributed by atoms with Gasteiger partial charge in [-0.2, -0.15) is 0 Å². The molecule has 2 aromatic carbocycles. The van der Waals surface area contributed by atoms with E-state index in [1.165, 1.54) is 5.56 Å². The smallest absolute Gasteiger partial charge is 0.163 e. The molecule has 0 amide bonds. The van der Waals surface area contributed by atoms with Gasteiger partial charge in [0.1, 0.15) is 6.61 Å². The number of halogens is 1. The lowest BCUT2D eigenvalue weighted by atomic mass is 10.1. The van der Waals surface area contributed by atoms with Crippen molar-refractivity contribution in [1.82, 2.24) is 5.32 Å². The highest BCUT2D eigenvalue weighted by Crippen LogP contribution is 2.34. The fraction of sp³-hybridized carbons (Fsp3) is 0.400. The van der Waals surface area contributed by atoms with Crippen molar-refractivity contribution in [2.24, 2.45) is 0 Å². The summed E-state index contributed by atoms with van der Waals surface area (Å²) in [4.78, 5) is 0. The number of aliphatic hydroxyl groups is 1. The Morgan fingerprint density at radius 3 is 2.56 bits per heavy atom. The fourth-order valence-corrected chi connectivity index (χ4v) is 2.67. The molecule has 0 saturated carbocycles. The van der Waals surface area contributed by atoms with E-state index in [2.05, 4.69) is 24.4 Å². The second kappa shape index (κ2) is 10.3. The minimum absolute atomic E-state index is 0.177. The first-order chi connectivity index (χ1) is 12.2. The number of ether oxygens (including phenoxy) is 2. The number of hydrogen-bond acceptors (Lipinski definition) is 4. The van der Waals surface area contributed by atoms with Crippen LogP contribution in [0, 0.1) is 6.92 Å². The van der Waals surface area contributed by atoms with Gasteiger partial charge in [0.25, 0.3) is 0 Å². The van der Waals surface area contributed by atoms with Crippen LogP contribution in [-0.4, -0.2) is 24.9 Å². The van der Waals surface area contributed by atoms with Crippen LogP contribution in [0.5, 0.6) is 11.5 Å². The van der Waals surface area contributed by atoms with E-state index in [4.69, 9.17) is 26.2 Å². The highest BCUT2D eigenvalue weighted by Gasteiger charge is 2.12. The number of aryl methyl sites for hydroxylation is 1. The zero-order valence-electron chi connectivity index (χ0n) is 14.8. The molecule has 2 rings (SSSR count). The summed E-state index contributed by atoms with van der Waals surface area (Å²) in [5.41, 5.74) is 3.28. The molecule has 0 aliphatic carbocycles. The zero-order valence-corrected chi connectivity index (χ0v) is 15.6. The molecular weight excluding hydrogens is 338 g/mol. The molecule has 2 aromatic rings. The summed E-state index contributed by atoms with van der Waals surface area (Å²) >= 11 is 6.40. The highest BCUT2D eigenvalue weighted by atomic mass is 35.5. The van der Waals surface area contributed by atoms with Crippen LogP contribution >= 0.6 is 11.6 Å². The van der Waals surface area contributed by atoms with Crippen molar-refractivity contribution in [1.29, 1.82) is 0 Å². The van der Waals surface area contributed by atoms with Gasteiger partial charge in [-0.3, -0.25) is 0 Å². The van der Waals surface area contributed by atoms with Gasteiger partial charge in [-0.1, -0.05) is 35.9 Å². The molecule has 4 nitrogen and oxygen atoms in total. The van der Waals surface area contributed by atoms with E-state index in [1.807, 2.05) is 31.2 Å². The molecule has 0 saturated heterocycles. The van der Waals surface area contributed by atoms with Crippen LogP contribution < -0.4 is 14.8 Å². The van der Waals surface area contributed by atoms with Crippen LogP contribution in [-0.2, 0) is 13.2 Å². The number of rotatable bonds is 10. The molecule has 0 unspecified atom stereocenters. The lowest BCUT2D eigenvalue weighted by Crippen LogP contribution is -2.16. The average molecular weight is 364 g/mol. The van der Waals surface area contributed by atoms with Gasteiger partial charge in [-0.15, -0.1) is 0 Å². The van der Waals surface area contributed by atoms with Gasteiger partial charge in [-0.25, -0.2) is 0 Å².